The van der Waals surface area contributed by atoms with Gasteiger partial charge in [-0.3, -0.25) is 4.79 Å². The molecule has 1 heterocycles. The van der Waals surface area contributed by atoms with Crippen LogP contribution < -0.4 is 0 Å². The highest BCUT2D eigenvalue weighted by molar-refractivity contribution is 5.77. The van der Waals surface area contributed by atoms with E-state index in [4.69, 9.17) is 4.52 Å². The van der Waals surface area contributed by atoms with Gasteiger partial charge in [-0.2, -0.15) is 4.98 Å². The van der Waals surface area contributed by atoms with Crippen molar-refractivity contribution in [3.63, 3.8) is 0 Å². The van der Waals surface area contributed by atoms with Gasteiger partial charge >= 0.3 is 0 Å². The number of aryl methyl sites for hydroxylation is 3. The van der Waals surface area contributed by atoms with E-state index in [1.54, 1.807) is 0 Å². The maximum absolute atomic E-state index is 12.9. The molecule has 0 unspecified atom stereocenters. The van der Waals surface area contributed by atoms with Crippen molar-refractivity contribution >= 4 is 5.91 Å². The summed E-state index contributed by atoms with van der Waals surface area (Å²) < 4.78 is 5.22. The molecule has 5 nitrogen and oxygen atoms in total. The molecule has 0 N–H and O–H groups in total. The van der Waals surface area contributed by atoms with Gasteiger partial charge in [0.15, 0.2) is 5.82 Å². The number of nitrogens with zero attached hydrogens (tertiary/aromatic N) is 3. The molecule has 1 amide bonds. The summed E-state index contributed by atoms with van der Waals surface area (Å²) in [5, 5.41) is 3.91. The summed E-state index contributed by atoms with van der Waals surface area (Å²) in [7, 11) is 0. The summed E-state index contributed by atoms with van der Waals surface area (Å²) in [6.45, 7) is 2.01. The molecular formula is C20H25N3O2. The Morgan fingerprint density at radius 3 is 2.88 bits per heavy atom. The fourth-order valence-electron chi connectivity index (χ4n) is 3.86. The average Bonchev–Trinajstić information content (AvgIpc) is 3.20. The number of aromatic nitrogens is 2. The molecule has 1 saturated carbocycles. The Balaban J connectivity index is 1.39. The van der Waals surface area contributed by atoms with Crippen LogP contribution in [0.4, 0.5) is 0 Å². The van der Waals surface area contributed by atoms with E-state index in [2.05, 4.69) is 39.3 Å². The molecule has 1 atom stereocenters. The number of fused-ring (bicyclic) bond motifs is 1. The molecule has 25 heavy (non-hydrogen) atoms. The smallest absolute Gasteiger partial charge is 0.226 e. The fraction of sp³-hybridized carbons (Fsp3) is 0.550. The van der Waals surface area contributed by atoms with Gasteiger partial charge in [0.1, 0.15) is 0 Å². The van der Waals surface area contributed by atoms with Gasteiger partial charge in [-0.15, -0.1) is 0 Å². The van der Waals surface area contributed by atoms with Crippen LogP contribution in [0.1, 0.15) is 67.9 Å². The first-order valence-corrected chi connectivity index (χ1v) is 9.46. The lowest BCUT2D eigenvalue weighted by Gasteiger charge is -2.30. The summed E-state index contributed by atoms with van der Waals surface area (Å²) in [5.74, 6) is 1.66. The van der Waals surface area contributed by atoms with E-state index in [1.165, 1.54) is 11.1 Å². The zero-order chi connectivity index (χ0) is 17.2. The van der Waals surface area contributed by atoms with Gasteiger partial charge in [-0.25, -0.2) is 0 Å². The first-order valence-electron chi connectivity index (χ1n) is 9.46. The third-order valence-electron chi connectivity index (χ3n) is 5.27. The highest BCUT2D eigenvalue weighted by Gasteiger charge is 2.39. The van der Waals surface area contributed by atoms with Crippen molar-refractivity contribution in [2.24, 2.45) is 0 Å². The lowest BCUT2D eigenvalue weighted by Crippen LogP contribution is -2.35. The number of carbonyl (C=O) groups is 1. The van der Waals surface area contributed by atoms with Crippen LogP contribution in [0.25, 0.3) is 0 Å². The number of carbonyl (C=O) groups excluding carboxylic acids is 1. The zero-order valence-corrected chi connectivity index (χ0v) is 14.8. The van der Waals surface area contributed by atoms with E-state index in [0.717, 1.165) is 44.3 Å². The second-order valence-electron chi connectivity index (χ2n) is 7.10. The molecule has 1 aromatic carbocycles. The van der Waals surface area contributed by atoms with Crippen molar-refractivity contribution in [2.45, 2.75) is 70.4 Å². The van der Waals surface area contributed by atoms with Crippen LogP contribution in [-0.4, -0.2) is 27.0 Å². The molecule has 0 bridgehead atoms. The number of hydrogen-bond acceptors (Lipinski definition) is 4. The van der Waals surface area contributed by atoms with Crippen molar-refractivity contribution in [3.05, 3.63) is 47.1 Å². The predicted molar refractivity (Wildman–Crippen MR) is 94.0 cm³/mol. The predicted octanol–water partition coefficient (Wildman–Crippen LogP) is 3.63. The van der Waals surface area contributed by atoms with E-state index < -0.39 is 0 Å². The lowest BCUT2D eigenvalue weighted by molar-refractivity contribution is -0.134. The van der Waals surface area contributed by atoms with Crippen molar-refractivity contribution in [3.8, 4) is 0 Å². The Hall–Kier alpha value is -2.17. The van der Waals surface area contributed by atoms with Gasteiger partial charge in [-0.05, 0) is 43.2 Å². The minimum atomic E-state index is 0.270. The second kappa shape index (κ2) is 6.98. The number of hydrogen-bond donors (Lipinski definition) is 0. The Morgan fingerprint density at radius 1 is 1.28 bits per heavy atom. The third kappa shape index (κ3) is 3.46. The van der Waals surface area contributed by atoms with Crippen LogP contribution in [0.3, 0.4) is 0 Å². The van der Waals surface area contributed by atoms with Crippen LogP contribution in [-0.2, 0) is 24.1 Å². The van der Waals surface area contributed by atoms with E-state index in [1.807, 2.05) is 6.92 Å². The fourth-order valence-corrected chi connectivity index (χ4v) is 3.86. The molecule has 2 aliphatic rings. The quantitative estimate of drug-likeness (QED) is 0.773. The molecule has 0 saturated heterocycles. The Bertz CT molecular complexity index is 751. The summed E-state index contributed by atoms with van der Waals surface area (Å²) >= 11 is 0. The highest BCUT2D eigenvalue weighted by Crippen LogP contribution is 2.42. The maximum Gasteiger partial charge on any atom is 0.226 e. The van der Waals surface area contributed by atoms with Gasteiger partial charge in [0.05, 0.1) is 6.04 Å². The standard InChI is InChI=1S/C20H25N3O2/c1-2-18-21-19(25-22-18)8-5-9-20(24)23(15-11-12-15)17-13-10-14-6-3-4-7-16(14)17/h3-4,6-7,15,17H,2,5,8-13H2,1H3/t17-/m0/s1. The van der Waals surface area contributed by atoms with Crippen molar-refractivity contribution in [1.29, 1.82) is 0 Å². The van der Waals surface area contributed by atoms with E-state index in [-0.39, 0.29) is 11.9 Å². The van der Waals surface area contributed by atoms with E-state index in [9.17, 15) is 4.79 Å². The van der Waals surface area contributed by atoms with Crippen LogP contribution in [0.5, 0.6) is 0 Å². The largest absolute Gasteiger partial charge is 0.339 e. The third-order valence-corrected chi connectivity index (χ3v) is 5.27. The molecule has 2 aromatic rings. The summed E-state index contributed by atoms with van der Waals surface area (Å²) in [6, 6.07) is 9.30. The van der Waals surface area contributed by atoms with Gasteiger partial charge in [0, 0.05) is 25.3 Å². The van der Waals surface area contributed by atoms with Gasteiger partial charge in [-0.1, -0.05) is 36.3 Å². The monoisotopic (exact) mass is 339 g/mol. The molecule has 0 spiro atoms. The molecule has 4 rings (SSSR count). The van der Waals surface area contributed by atoms with E-state index >= 15 is 0 Å². The molecule has 2 aliphatic carbocycles. The molecule has 5 heteroatoms. The Labute approximate surface area is 148 Å². The minimum Gasteiger partial charge on any atom is -0.339 e. The zero-order valence-electron chi connectivity index (χ0n) is 14.8. The van der Waals surface area contributed by atoms with Gasteiger partial charge in [0.2, 0.25) is 11.8 Å². The minimum absolute atomic E-state index is 0.270. The van der Waals surface area contributed by atoms with Crippen LogP contribution in [0.15, 0.2) is 28.8 Å². The topological polar surface area (TPSA) is 59.2 Å². The SMILES string of the molecule is CCc1noc(CCCC(=O)N(C2CC2)[C@H]2CCc3ccccc32)n1. The van der Waals surface area contributed by atoms with Crippen molar-refractivity contribution in [2.75, 3.05) is 0 Å². The van der Waals surface area contributed by atoms with Crippen LogP contribution in [0, 0.1) is 0 Å². The van der Waals surface area contributed by atoms with Crippen LogP contribution in [0.2, 0.25) is 0 Å². The number of amides is 1. The highest BCUT2D eigenvalue weighted by atomic mass is 16.5. The molecule has 0 aliphatic heterocycles. The number of rotatable bonds is 7. The average molecular weight is 339 g/mol. The summed E-state index contributed by atoms with van der Waals surface area (Å²) in [4.78, 5) is 19.4. The molecule has 0 radical (unpaired) electrons. The Kier molecular flexibility index (Phi) is 4.55. The van der Waals surface area contributed by atoms with Gasteiger partial charge < -0.3 is 9.42 Å². The molecule has 132 valence electrons. The first kappa shape index (κ1) is 16.3. The van der Waals surface area contributed by atoms with Gasteiger partial charge in [0.25, 0.3) is 0 Å². The maximum atomic E-state index is 12.9. The molecule has 1 fully saturated rings. The Morgan fingerprint density at radius 2 is 2.12 bits per heavy atom. The second-order valence-corrected chi connectivity index (χ2v) is 7.10. The molecule has 1 aromatic heterocycles. The summed E-state index contributed by atoms with van der Waals surface area (Å²) in [6.07, 6.45) is 7.21. The first-order chi connectivity index (χ1) is 12.3. The lowest BCUT2D eigenvalue weighted by atomic mass is 10.1. The number of benzene rings is 1. The van der Waals surface area contributed by atoms with Crippen LogP contribution >= 0.6 is 0 Å². The normalized spacial score (nSPS) is 19.0. The van der Waals surface area contributed by atoms with E-state index in [0.29, 0.717) is 24.8 Å². The summed E-state index contributed by atoms with van der Waals surface area (Å²) in [5.41, 5.74) is 2.76. The van der Waals surface area contributed by atoms with Crippen molar-refractivity contribution in [1.82, 2.24) is 15.0 Å². The van der Waals surface area contributed by atoms with Crippen molar-refractivity contribution < 1.29 is 9.32 Å². The molecular weight excluding hydrogens is 314 g/mol.